The summed E-state index contributed by atoms with van der Waals surface area (Å²) in [4.78, 5) is 14.3. The van der Waals surface area contributed by atoms with Crippen molar-refractivity contribution < 1.29 is 5.11 Å². The van der Waals surface area contributed by atoms with Crippen LogP contribution in [0.5, 0.6) is 0 Å². The minimum atomic E-state index is -0.0286. The first kappa shape index (κ1) is 22.7. The van der Waals surface area contributed by atoms with Gasteiger partial charge in [-0.3, -0.25) is 4.40 Å². The van der Waals surface area contributed by atoms with E-state index in [1.807, 2.05) is 28.8 Å². The van der Waals surface area contributed by atoms with E-state index in [0.29, 0.717) is 12.5 Å². The molecule has 3 heterocycles. The second kappa shape index (κ2) is 9.68. The van der Waals surface area contributed by atoms with Crippen LogP contribution in [0.25, 0.3) is 28.3 Å². The van der Waals surface area contributed by atoms with Crippen LogP contribution in [-0.2, 0) is 19.6 Å². The third-order valence-corrected chi connectivity index (χ3v) is 6.35. The van der Waals surface area contributed by atoms with E-state index in [2.05, 4.69) is 73.5 Å². The SMILES string of the molecule is CCc1ccc(-c2nc3cc(CO)ccn3c2-c2ccnc(NCc3cc(C)ccc3C)n2)cc1. The van der Waals surface area contributed by atoms with Gasteiger partial charge in [0.2, 0.25) is 5.95 Å². The maximum Gasteiger partial charge on any atom is 0.223 e. The molecular weight excluding hydrogens is 434 g/mol. The fourth-order valence-electron chi connectivity index (χ4n) is 4.27. The van der Waals surface area contributed by atoms with Crippen molar-refractivity contribution in [1.29, 1.82) is 0 Å². The summed E-state index contributed by atoms with van der Waals surface area (Å²) in [7, 11) is 0. The van der Waals surface area contributed by atoms with Crippen molar-refractivity contribution in [1.82, 2.24) is 19.4 Å². The van der Waals surface area contributed by atoms with Crippen molar-refractivity contribution in [2.24, 2.45) is 0 Å². The zero-order chi connectivity index (χ0) is 24.4. The molecule has 0 aliphatic heterocycles. The van der Waals surface area contributed by atoms with Crippen LogP contribution in [0.15, 0.2) is 73.1 Å². The molecule has 3 aromatic heterocycles. The summed E-state index contributed by atoms with van der Waals surface area (Å²) in [6, 6.07) is 20.7. The van der Waals surface area contributed by atoms with Gasteiger partial charge in [-0.15, -0.1) is 0 Å². The van der Waals surface area contributed by atoms with Crippen LogP contribution in [0, 0.1) is 13.8 Å². The average Bonchev–Trinajstić information content (AvgIpc) is 3.28. The zero-order valence-corrected chi connectivity index (χ0v) is 20.3. The van der Waals surface area contributed by atoms with Crippen molar-refractivity contribution in [2.75, 3.05) is 5.32 Å². The Morgan fingerprint density at radius 3 is 2.51 bits per heavy atom. The maximum atomic E-state index is 9.62. The number of aromatic nitrogens is 4. The Morgan fingerprint density at radius 1 is 0.914 bits per heavy atom. The van der Waals surface area contributed by atoms with Gasteiger partial charge in [0.25, 0.3) is 0 Å². The van der Waals surface area contributed by atoms with Crippen molar-refractivity contribution in [2.45, 2.75) is 40.3 Å². The Morgan fingerprint density at radius 2 is 1.74 bits per heavy atom. The molecule has 5 aromatic rings. The number of nitrogens with zero attached hydrogens (tertiary/aromatic N) is 4. The van der Waals surface area contributed by atoms with Gasteiger partial charge >= 0.3 is 0 Å². The Kier molecular flexibility index (Phi) is 6.29. The van der Waals surface area contributed by atoms with E-state index in [1.165, 1.54) is 22.3 Å². The molecule has 35 heavy (non-hydrogen) atoms. The minimum absolute atomic E-state index is 0.0286. The van der Waals surface area contributed by atoms with Gasteiger partial charge in [-0.05, 0) is 60.7 Å². The highest BCUT2D eigenvalue weighted by molar-refractivity contribution is 5.81. The summed E-state index contributed by atoms with van der Waals surface area (Å²) in [6.45, 7) is 6.98. The summed E-state index contributed by atoms with van der Waals surface area (Å²) < 4.78 is 2.03. The molecule has 176 valence electrons. The molecule has 0 fully saturated rings. The highest BCUT2D eigenvalue weighted by atomic mass is 16.3. The zero-order valence-electron chi connectivity index (χ0n) is 20.3. The molecule has 0 saturated carbocycles. The fourth-order valence-corrected chi connectivity index (χ4v) is 4.27. The quantitative estimate of drug-likeness (QED) is 0.322. The Labute approximate surface area is 205 Å². The van der Waals surface area contributed by atoms with Gasteiger partial charge in [-0.2, -0.15) is 0 Å². The first-order chi connectivity index (χ1) is 17.1. The van der Waals surface area contributed by atoms with Crippen LogP contribution in [-0.4, -0.2) is 24.5 Å². The first-order valence-corrected chi connectivity index (χ1v) is 11.9. The third kappa shape index (κ3) is 4.66. The predicted octanol–water partition coefficient (Wildman–Crippen LogP) is 5.74. The number of hydrogen-bond acceptors (Lipinski definition) is 5. The van der Waals surface area contributed by atoms with Gasteiger partial charge in [0, 0.05) is 24.5 Å². The first-order valence-electron chi connectivity index (χ1n) is 11.9. The fraction of sp³-hybridized carbons (Fsp3) is 0.207. The van der Waals surface area contributed by atoms with E-state index in [1.54, 1.807) is 6.20 Å². The smallest absolute Gasteiger partial charge is 0.223 e. The van der Waals surface area contributed by atoms with E-state index in [0.717, 1.165) is 40.3 Å². The maximum absolute atomic E-state index is 9.62. The molecule has 0 saturated heterocycles. The van der Waals surface area contributed by atoms with Gasteiger partial charge in [-0.25, -0.2) is 15.0 Å². The number of aliphatic hydroxyl groups is 1. The summed E-state index contributed by atoms with van der Waals surface area (Å²) >= 11 is 0. The van der Waals surface area contributed by atoms with E-state index in [9.17, 15) is 5.11 Å². The van der Waals surface area contributed by atoms with E-state index < -0.39 is 0 Å². The van der Waals surface area contributed by atoms with Crippen LogP contribution in [0.2, 0.25) is 0 Å². The van der Waals surface area contributed by atoms with Gasteiger partial charge in [0.15, 0.2) is 0 Å². The predicted molar refractivity (Wildman–Crippen MR) is 140 cm³/mol. The van der Waals surface area contributed by atoms with E-state index in [4.69, 9.17) is 9.97 Å². The van der Waals surface area contributed by atoms with Gasteiger partial charge in [0.05, 0.1) is 23.7 Å². The van der Waals surface area contributed by atoms with E-state index in [-0.39, 0.29) is 6.61 Å². The molecule has 0 amide bonds. The Bertz CT molecular complexity index is 1490. The summed E-state index contributed by atoms with van der Waals surface area (Å²) in [6.07, 6.45) is 4.71. The lowest BCUT2D eigenvalue weighted by Gasteiger charge is -2.11. The lowest BCUT2D eigenvalue weighted by atomic mass is 10.1. The summed E-state index contributed by atoms with van der Waals surface area (Å²) in [5.74, 6) is 0.567. The second-order valence-corrected chi connectivity index (χ2v) is 8.83. The highest BCUT2D eigenvalue weighted by Crippen LogP contribution is 2.32. The number of imidazole rings is 1. The molecule has 6 heteroatoms. The van der Waals surface area contributed by atoms with Crippen molar-refractivity contribution in [3.05, 3.63) is 101 Å². The molecule has 5 rings (SSSR count). The van der Waals surface area contributed by atoms with Gasteiger partial charge < -0.3 is 10.4 Å². The number of pyridine rings is 1. The molecule has 0 aliphatic rings. The lowest BCUT2D eigenvalue weighted by Crippen LogP contribution is -2.06. The van der Waals surface area contributed by atoms with Crippen molar-refractivity contribution in [3.8, 4) is 22.6 Å². The normalized spacial score (nSPS) is 11.2. The van der Waals surface area contributed by atoms with Crippen molar-refractivity contribution in [3.63, 3.8) is 0 Å². The molecule has 0 spiro atoms. The Hall–Kier alpha value is -4.03. The standard InChI is InChI=1S/C29H29N5O/c1-4-21-7-9-23(10-8-21)27-28(34-14-12-22(18-35)16-26(34)33-27)25-11-13-30-29(32-25)31-17-24-15-19(2)5-6-20(24)3/h5-16,35H,4,17-18H2,1-3H3,(H,30,31,32). The third-order valence-electron chi connectivity index (χ3n) is 6.35. The molecular formula is C29H29N5O. The molecule has 0 aliphatic carbocycles. The van der Waals surface area contributed by atoms with Crippen LogP contribution in [0.4, 0.5) is 5.95 Å². The summed E-state index contributed by atoms with van der Waals surface area (Å²) in [5, 5.41) is 13.0. The average molecular weight is 464 g/mol. The van der Waals surface area contributed by atoms with E-state index >= 15 is 0 Å². The number of rotatable bonds is 7. The number of benzene rings is 2. The Balaban J connectivity index is 1.57. The van der Waals surface area contributed by atoms with Crippen LogP contribution >= 0.6 is 0 Å². The molecule has 2 N–H and O–H groups in total. The molecule has 6 nitrogen and oxygen atoms in total. The lowest BCUT2D eigenvalue weighted by molar-refractivity contribution is 0.282. The second-order valence-electron chi connectivity index (χ2n) is 8.83. The highest BCUT2D eigenvalue weighted by Gasteiger charge is 2.18. The summed E-state index contributed by atoms with van der Waals surface area (Å²) in [5.41, 5.74) is 10.1. The number of anilines is 1. The number of fused-ring (bicyclic) bond motifs is 1. The number of aryl methyl sites for hydroxylation is 3. The van der Waals surface area contributed by atoms with Crippen LogP contribution in [0.1, 0.15) is 34.7 Å². The molecule has 0 atom stereocenters. The van der Waals surface area contributed by atoms with Gasteiger partial charge in [-0.1, -0.05) is 55.0 Å². The van der Waals surface area contributed by atoms with Crippen LogP contribution < -0.4 is 5.32 Å². The number of aliphatic hydroxyl groups excluding tert-OH is 1. The number of hydrogen-bond donors (Lipinski definition) is 2. The molecule has 2 aromatic carbocycles. The van der Waals surface area contributed by atoms with Crippen LogP contribution in [0.3, 0.4) is 0 Å². The van der Waals surface area contributed by atoms with Crippen molar-refractivity contribution >= 4 is 11.6 Å². The molecule has 0 radical (unpaired) electrons. The van der Waals surface area contributed by atoms with Gasteiger partial charge in [0.1, 0.15) is 5.65 Å². The topological polar surface area (TPSA) is 75.3 Å². The number of nitrogens with one attached hydrogen (secondary N) is 1. The monoisotopic (exact) mass is 463 g/mol. The molecule has 0 bridgehead atoms. The molecule has 0 unspecified atom stereocenters. The minimum Gasteiger partial charge on any atom is -0.392 e. The largest absolute Gasteiger partial charge is 0.392 e.